The fraction of sp³-hybridized carbons (Fsp3) is 0.800. The lowest BCUT2D eigenvalue weighted by atomic mass is 9.44. The van der Waals surface area contributed by atoms with E-state index < -0.39 is 5.60 Å². The van der Waals surface area contributed by atoms with Crippen molar-refractivity contribution in [3.8, 4) is 0 Å². The third-order valence-corrected chi connectivity index (χ3v) is 8.47. The Labute approximate surface area is 138 Å². The monoisotopic (exact) mass is 316 g/mol. The van der Waals surface area contributed by atoms with Gasteiger partial charge < -0.3 is 14.6 Å². The van der Waals surface area contributed by atoms with E-state index in [2.05, 4.69) is 13.0 Å². The molecular formula is C20H28O3. The maximum Gasteiger partial charge on any atom is 0.107 e. The number of aliphatic hydroxyl groups is 2. The predicted molar refractivity (Wildman–Crippen MR) is 87.0 cm³/mol. The summed E-state index contributed by atoms with van der Waals surface area (Å²) in [4.78, 5) is 0. The fourth-order valence-corrected chi connectivity index (χ4v) is 7.50. The van der Waals surface area contributed by atoms with E-state index >= 15 is 0 Å². The highest BCUT2D eigenvalue weighted by Crippen LogP contribution is 2.72. The molecular weight excluding hydrogens is 288 g/mol. The van der Waals surface area contributed by atoms with E-state index in [1.807, 2.05) is 6.26 Å². The van der Waals surface area contributed by atoms with Gasteiger partial charge in [0, 0.05) is 18.9 Å². The van der Waals surface area contributed by atoms with Gasteiger partial charge in [-0.3, -0.25) is 0 Å². The first-order chi connectivity index (χ1) is 11.0. The molecule has 6 unspecified atom stereocenters. The van der Waals surface area contributed by atoms with Crippen LogP contribution in [0.4, 0.5) is 0 Å². The van der Waals surface area contributed by atoms with Gasteiger partial charge in [0.2, 0.25) is 0 Å². The first-order valence-corrected chi connectivity index (χ1v) is 9.40. The maximum atomic E-state index is 11.0. The van der Waals surface area contributed by atoms with Crippen LogP contribution < -0.4 is 0 Å². The highest BCUT2D eigenvalue weighted by molar-refractivity contribution is 5.31. The van der Waals surface area contributed by atoms with Crippen LogP contribution in [-0.4, -0.2) is 22.4 Å². The molecule has 3 heteroatoms. The Morgan fingerprint density at radius 3 is 2.96 bits per heavy atom. The molecule has 1 heterocycles. The molecule has 0 radical (unpaired) electrons. The molecule has 0 aromatic carbocycles. The number of rotatable bonds is 1. The molecule has 4 aliphatic rings. The van der Waals surface area contributed by atoms with E-state index in [9.17, 15) is 10.2 Å². The lowest BCUT2D eigenvalue weighted by Gasteiger charge is -2.60. The Balaban J connectivity index is 1.56. The van der Waals surface area contributed by atoms with Crippen LogP contribution in [0.3, 0.4) is 0 Å². The number of aliphatic hydroxyl groups excluding tert-OH is 1. The molecule has 5 rings (SSSR count). The molecule has 3 fully saturated rings. The van der Waals surface area contributed by atoms with Gasteiger partial charge in [-0.05, 0) is 79.2 Å². The van der Waals surface area contributed by atoms with Crippen LogP contribution in [-0.2, 0) is 6.42 Å². The first kappa shape index (κ1) is 14.5. The lowest BCUT2D eigenvalue weighted by molar-refractivity contribution is -0.111. The van der Waals surface area contributed by atoms with Crippen molar-refractivity contribution in [1.29, 1.82) is 0 Å². The van der Waals surface area contributed by atoms with Crippen LogP contribution in [0.1, 0.15) is 69.1 Å². The Morgan fingerprint density at radius 1 is 1.26 bits per heavy atom. The summed E-state index contributed by atoms with van der Waals surface area (Å²) >= 11 is 0. The number of hydrogen-bond donors (Lipinski definition) is 2. The average molecular weight is 316 g/mol. The highest BCUT2D eigenvalue weighted by atomic mass is 16.3. The number of hydrogen-bond acceptors (Lipinski definition) is 3. The molecule has 3 saturated carbocycles. The molecule has 1 aromatic heterocycles. The highest BCUT2D eigenvalue weighted by Gasteiger charge is 2.66. The molecule has 23 heavy (non-hydrogen) atoms. The summed E-state index contributed by atoms with van der Waals surface area (Å²) in [6.07, 6.45) is 10.6. The quantitative estimate of drug-likeness (QED) is 0.831. The number of fused-ring (bicyclic) bond motifs is 5. The number of furan rings is 1. The summed E-state index contributed by atoms with van der Waals surface area (Å²) in [5, 5.41) is 20.8. The molecule has 0 amide bonds. The van der Waals surface area contributed by atoms with E-state index in [1.165, 1.54) is 30.6 Å². The van der Waals surface area contributed by atoms with E-state index in [1.54, 1.807) is 0 Å². The summed E-state index contributed by atoms with van der Waals surface area (Å²) in [5.74, 6) is 2.63. The van der Waals surface area contributed by atoms with Crippen molar-refractivity contribution < 1.29 is 14.6 Å². The molecule has 2 N–H and O–H groups in total. The zero-order valence-electron chi connectivity index (χ0n) is 14.1. The van der Waals surface area contributed by atoms with Gasteiger partial charge in [-0.25, -0.2) is 0 Å². The van der Waals surface area contributed by atoms with Gasteiger partial charge in [-0.1, -0.05) is 6.92 Å². The van der Waals surface area contributed by atoms with E-state index in [0.29, 0.717) is 17.3 Å². The van der Waals surface area contributed by atoms with Crippen molar-refractivity contribution in [3.63, 3.8) is 0 Å². The minimum atomic E-state index is -0.593. The van der Waals surface area contributed by atoms with Crippen LogP contribution >= 0.6 is 0 Å². The molecule has 0 saturated heterocycles. The second kappa shape index (κ2) is 4.43. The topological polar surface area (TPSA) is 53.6 Å². The third-order valence-electron chi connectivity index (χ3n) is 8.47. The van der Waals surface area contributed by atoms with Crippen molar-refractivity contribution in [2.45, 2.75) is 69.8 Å². The summed E-state index contributed by atoms with van der Waals surface area (Å²) in [7, 11) is 0. The normalized spacial score (nSPS) is 51.0. The Morgan fingerprint density at radius 2 is 2.13 bits per heavy atom. The molecule has 4 aliphatic carbocycles. The SMILES string of the molecule is CC12CCc3occc3C1CCC13CC(CO)C(O)(CCC12)C3. The van der Waals surface area contributed by atoms with Gasteiger partial charge in [-0.2, -0.15) is 0 Å². The lowest BCUT2D eigenvalue weighted by Crippen LogP contribution is -2.53. The summed E-state index contributed by atoms with van der Waals surface area (Å²) in [6.45, 7) is 2.66. The second-order valence-corrected chi connectivity index (χ2v) is 9.21. The zero-order valence-corrected chi connectivity index (χ0v) is 14.1. The fourth-order valence-electron chi connectivity index (χ4n) is 7.50. The van der Waals surface area contributed by atoms with Crippen molar-refractivity contribution in [1.82, 2.24) is 0 Å². The smallest absolute Gasteiger partial charge is 0.107 e. The van der Waals surface area contributed by atoms with Gasteiger partial charge in [0.15, 0.2) is 0 Å². The second-order valence-electron chi connectivity index (χ2n) is 9.21. The summed E-state index contributed by atoms with van der Waals surface area (Å²) in [5.41, 5.74) is 1.48. The maximum absolute atomic E-state index is 11.0. The predicted octanol–water partition coefficient (Wildman–Crippen LogP) is 3.64. The van der Waals surface area contributed by atoms with Crippen LogP contribution in [0.25, 0.3) is 0 Å². The summed E-state index contributed by atoms with van der Waals surface area (Å²) < 4.78 is 5.72. The van der Waals surface area contributed by atoms with Crippen LogP contribution in [0.2, 0.25) is 0 Å². The van der Waals surface area contributed by atoms with Crippen molar-refractivity contribution in [2.24, 2.45) is 22.7 Å². The van der Waals surface area contributed by atoms with Crippen LogP contribution in [0, 0.1) is 22.7 Å². The Hall–Kier alpha value is -0.800. The molecule has 2 bridgehead atoms. The van der Waals surface area contributed by atoms with E-state index in [0.717, 1.165) is 32.1 Å². The van der Waals surface area contributed by atoms with Gasteiger partial charge in [0.1, 0.15) is 5.76 Å². The van der Waals surface area contributed by atoms with Gasteiger partial charge in [0.05, 0.1) is 11.9 Å². The Kier molecular flexibility index (Phi) is 2.80. The van der Waals surface area contributed by atoms with Crippen LogP contribution in [0.5, 0.6) is 0 Å². The minimum absolute atomic E-state index is 0.0979. The molecule has 0 aliphatic heterocycles. The Bertz CT molecular complexity index is 637. The van der Waals surface area contributed by atoms with Crippen molar-refractivity contribution in [2.75, 3.05) is 6.61 Å². The molecule has 126 valence electrons. The van der Waals surface area contributed by atoms with E-state index in [-0.39, 0.29) is 17.9 Å². The van der Waals surface area contributed by atoms with Crippen molar-refractivity contribution in [3.05, 3.63) is 23.7 Å². The average Bonchev–Trinajstić information content (AvgIpc) is 3.07. The molecule has 6 atom stereocenters. The zero-order chi connectivity index (χ0) is 15.9. The number of aryl methyl sites for hydroxylation is 1. The van der Waals surface area contributed by atoms with Crippen molar-refractivity contribution >= 4 is 0 Å². The standard InChI is InChI=1S/C20H28O3/c1-18-6-3-16-14(5-9-23-16)15(18)2-7-19-10-13(11-21)20(22,12-19)8-4-17(18)19/h5,9,13,15,17,21-22H,2-4,6-8,10-12H2,1H3. The largest absolute Gasteiger partial charge is 0.469 e. The third kappa shape index (κ3) is 1.68. The molecule has 1 spiro atoms. The van der Waals surface area contributed by atoms with Gasteiger partial charge in [-0.15, -0.1) is 0 Å². The molecule has 1 aromatic rings. The summed E-state index contributed by atoms with van der Waals surface area (Å²) in [6, 6.07) is 2.21. The van der Waals surface area contributed by atoms with Gasteiger partial charge >= 0.3 is 0 Å². The van der Waals surface area contributed by atoms with Crippen LogP contribution in [0.15, 0.2) is 16.7 Å². The molecule has 3 nitrogen and oxygen atoms in total. The minimum Gasteiger partial charge on any atom is -0.469 e. The van der Waals surface area contributed by atoms with Gasteiger partial charge in [0.25, 0.3) is 0 Å². The van der Waals surface area contributed by atoms with E-state index in [4.69, 9.17) is 4.42 Å². The first-order valence-electron chi connectivity index (χ1n) is 9.40.